The Morgan fingerprint density at radius 1 is 0.306 bits per heavy atom. The summed E-state index contributed by atoms with van der Waals surface area (Å²) in [6.45, 7) is 0. The second kappa shape index (κ2) is 14.6. The van der Waals surface area contributed by atoms with Gasteiger partial charge in [0.1, 0.15) is 11.6 Å². The summed E-state index contributed by atoms with van der Waals surface area (Å²) in [4.78, 5) is 0. The summed E-state index contributed by atoms with van der Waals surface area (Å²) >= 11 is 0. The van der Waals surface area contributed by atoms with E-state index in [0.29, 0.717) is 67.0 Å². The third-order valence-corrected chi connectivity index (χ3v) is 11.6. The standard InChI is InChI=1S/C54H26N8/c55-27-33-13-17-42(39(21-33)30-58)35-15-19-46-44-9-3-5-11-49(44)61(51(46)23-35)53-25-38(41-8-2-1-7-37(41)29-57)26-54(48(53)32-60)62-50-12-6-4-10-45(50)47-20-16-36(24-52(47)62)43-18-14-34(28-56)22-40(43)31-59/h1-26H. The molecule has 0 bridgehead atoms. The molecule has 282 valence electrons. The molecule has 0 N–H and O–H groups in total. The van der Waals surface area contributed by atoms with Crippen LogP contribution in [0.15, 0.2) is 158 Å². The number of rotatable bonds is 5. The van der Waals surface area contributed by atoms with Crippen LogP contribution in [0.5, 0.6) is 0 Å². The van der Waals surface area contributed by atoms with Crippen LogP contribution in [0.1, 0.15) is 33.4 Å². The lowest BCUT2D eigenvalue weighted by Crippen LogP contribution is -2.05. The highest BCUT2D eigenvalue weighted by atomic mass is 15.0. The first-order chi connectivity index (χ1) is 30.5. The maximum atomic E-state index is 11.5. The van der Waals surface area contributed by atoms with E-state index in [0.717, 1.165) is 54.7 Å². The Balaban J connectivity index is 1.34. The van der Waals surface area contributed by atoms with Gasteiger partial charge in [0.15, 0.2) is 0 Å². The van der Waals surface area contributed by atoms with Crippen LogP contribution < -0.4 is 0 Å². The minimum Gasteiger partial charge on any atom is -0.308 e. The normalized spacial score (nSPS) is 10.8. The van der Waals surface area contributed by atoms with Crippen LogP contribution in [0, 0.1) is 68.0 Å². The van der Waals surface area contributed by atoms with Gasteiger partial charge in [0, 0.05) is 21.5 Å². The molecule has 8 aromatic carbocycles. The Kier molecular flexibility index (Phi) is 8.62. The highest BCUT2D eigenvalue weighted by Crippen LogP contribution is 2.42. The molecule has 0 atom stereocenters. The molecule has 0 radical (unpaired) electrons. The van der Waals surface area contributed by atoms with Crippen LogP contribution in [0.4, 0.5) is 0 Å². The van der Waals surface area contributed by atoms with Crippen molar-refractivity contribution in [1.82, 2.24) is 9.13 Å². The Morgan fingerprint density at radius 3 is 1.21 bits per heavy atom. The van der Waals surface area contributed by atoms with E-state index in [1.807, 2.05) is 115 Å². The molecule has 10 aromatic rings. The fourth-order valence-electron chi connectivity index (χ4n) is 8.78. The highest BCUT2D eigenvalue weighted by Gasteiger charge is 2.24. The zero-order valence-corrected chi connectivity index (χ0v) is 32.6. The van der Waals surface area contributed by atoms with Gasteiger partial charge < -0.3 is 9.13 Å². The van der Waals surface area contributed by atoms with Crippen molar-refractivity contribution in [3.8, 4) is 81.2 Å². The third kappa shape index (κ3) is 5.63. The molecular formula is C54H26N8. The summed E-state index contributed by atoms with van der Waals surface area (Å²) < 4.78 is 4.17. The van der Waals surface area contributed by atoms with Crippen LogP contribution in [0.25, 0.3) is 88.4 Å². The maximum Gasteiger partial charge on any atom is 0.104 e. The molecule has 8 heteroatoms. The molecule has 0 saturated heterocycles. The van der Waals surface area contributed by atoms with Crippen LogP contribution in [0.2, 0.25) is 0 Å². The van der Waals surface area contributed by atoms with Gasteiger partial charge in [-0.05, 0) is 100 Å². The highest BCUT2D eigenvalue weighted by molar-refractivity contribution is 6.12. The lowest BCUT2D eigenvalue weighted by molar-refractivity contribution is 1.12. The van der Waals surface area contributed by atoms with Gasteiger partial charge in [0.2, 0.25) is 0 Å². The molecule has 0 aliphatic heterocycles. The van der Waals surface area contributed by atoms with Crippen molar-refractivity contribution in [1.29, 1.82) is 31.6 Å². The first-order valence-corrected chi connectivity index (χ1v) is 19.5. The first-order valence-electron chi connectivity index (χ1n) is 19.5. The van der Waals surface area contributed by atoms with E-state index >= 15 is 0 Å². The van der Waals surface area contributed by atoms with E-state index in [1.165, 1.54) is 0 Å². The largest absolute Gasteiger partial charge is 0.308 e. The van der Waals surface area contributed by atoms with E-state index in [-0.39, 0.29) is 0 Å². The van der Waals surface area contributed by atoms with Gasteiger partial charge in [-0.25, -0.2) is 0 Å². The molecule has 0 amide bonds. The van der Waals surface area contributed by atoms with Crippen LogP contribution in [-0.4, -0.2) is 9.13 Å². The molecule has 2 heterocycles. The minimum absolute atomic E-state index is 0.370. The molecule has 0 aliphatic carbocycles. The van der Waals surface area contributed by atoms with Crippen LogP contribution >= 0.6 is 0 Å². The van der Waals surface area contributed by atoms with Crippen molar-refractivity contribution in [2.75, 3.05) is 0 Å². The molecule has 0 fully saturated rings. The number of benzene rings is 8. The number of hydrogen-bond donors (Lipinski definition) is 0. The fourth-order valence-corrected chi connectivity index (χ4v) is 8.78. The van der Waals surface area contributed by atoms with Gasteiger partial charge in [-0.15, -0.1) is 0 Å². The van der Waals surface area contributed by atoms with Gasteiger partial charge in [-0.1, -0.05) is 91.0 Å². The summed E-state index contributed by atoms with van der Waals surface area (Å²) in [6.07, 6.45) is 0. The molecule has 0 saturated carbocycles. The molecule has 8 nitrogen and oxygen atoms in total. The van der Waals surface area contributed by atoms with Crippen molar-refractivity contribution >= 4 is 43.6 Å². The molecule has 0 unspecified atom stereocenters. The van der Waals surface area contributed by atoms with Gasteiger partial charge >= 0.3 is 0 Å². The second-order valence-corrected chi connectivity index (χ2v) is 14.8. The van der Waals surface area contributed by atoms with E-state index in [1.54, 1.807) is 42.5 Å². The SMILES string of the molecule is N#Cc1ccc(-c2ccc3c4ccccc4n(-c4cc(-c5ccccc5C#N)cc(-n5c6ccccc6c6ccc(-c7ccc(C#N)cc7C#N)cc65)c4C#N)c3c2)c(C#N)c1. The Labute approximate surface area is 355 Å². The third-order valence-electron chi connectivity index (χ3n) is 11.6. The van der Waals surface area contributed by atoms with Crippen molar-refractivity contribution < 1.29 is 0 Å². The van der Waals surface area contributed by atoms with E-state index in [9.17, 15) is 31.6 Å². The predicted octanol–water partition coefficient (Wildman–Crippen LogP) is 12.1. The number of nitrogens with zero attached hydrogens (tertiary/aromatic N) is 8. The van der Waals surface area contributed by atoms with E-state index < -0.39 is 0 Å². The van der Waals surface area contributed by atoms with Gasteiger partial charge in [-0.2, -0.15) is 31.6 Å². The molecule has 0 spiro atoms. The number of nitriles is 6. The van der Waals surface area contributed by atoms with Crippen molar-refractivity contribution in [3.05, 3.63) is 191 Å². The zero-order valence-electron chi connectivity index (χ0n) is 32.6. The minimum atomic E-state index is 0.370. The first kappa shape index (κ1) is 36.6. The summed E-state index contributed by atoms with van der Waals surface area (Å²) in [6, 6.07) is 63.3. The smallest absolute Gasteiger partial charge is 0.104 e. The lowest BCUT2D eigenvalue weighted by Gasteiger charge is -2.19. The number of fused-ring (bicyclic) bond motifs is 6. The number of aromatic nitrogens is 2. The van der Waals surface area contributed by atoms with Gasteiger partial charge in [0.05, 0.1) is 91.6 Å². The molecular weight excluding hydrogens is 761 g/mol. The Morgan fingerprint density at radius 2 is 0.742 bits per heavy atom. The lowest BCUT2D eigenvalue weighted by atomic mass is 9.96. The fraction of sp³-hybridized carbons (Fsp3) is 0. The van der Waals surface area contributed by atoms with Gasteiger partial charge in [0.25, 0.3) is 0 Å². The van der Waals surface area contributed by atoms with Crippen LogP contribution in [0.3, 0.4) is 0 Å². The quantitative estimate of drug-likeness (QED) is 0.169. The average Bonchev–Trinajstić information content (AvgIpc) is 3.84. The van der Waals surface area contributed by atoms with E-state index in [4.69, 9.17) is 0 Å². The molecule has 10 rings (SSSR count). The zero-order chi connectivity index (χ0) is 42.5. The van der Waals surface area contributed by atoms with Crippen LogP contribution in [-0.2, 0) is 0 Å². The Hall–Kier alpha value is -9.70. The summed E-state index contributed by atoms with van der Waals surface area (Å²) in [7, 11) is 0. The second-order valence-electron chi connectivity index (χ2n) is 14.8. The summed E-state index contributed by atoms with van der Waals surface area (Å²) in [5.74, 6) is 0. The number of para-hydroxylation sites is 2. The van der Waals surface area contributed by atoms with Crippen molar-refractivity contribution in [3.63, 3.8) is 0 Å². The monoisotopic (exact) mass is 786 g/mol. The topological polar surface area (TPSA) is 153 Å². The van der Waals surface area contributed by atoms with Gasteiger partial charge in [-0.3, -0.25) is 0 Å². The summed E-state index contributed by atoms with van der Waals surface area (Å²) in [5.41, 5.74) is 11.1. The maximum absolute atomic E-state index is 11.5. The number of hydrogen-bond acceptors (Lipinski definition) is 6. The van der Waals surface area contributed by atoms with E-state index in [2.05, 4.69) is 45.5 Å². The molecule has 0 aliphatic rings. The van der Waals surface area contributed by atoms with Crippen molar-refractivity contribution in [2.24, 2.45) is 0 Å². The van der Waals surface area contributed by atoms with Crippen molar-refractivity contribution in [2.45, 2.75) is 0 Å². The average molecular weight is 787 g/mol. The molecule has 62 heavy (non-hydrogen) atoms. The summed E-state index contributed by atoms with van der Waals surface area (Å²) in [5, 5.41) is 65.1. The Bertz CT molecular complexity index is 3620. The molecule has 2 aromatic heterocycles. The predicted molar refractivity (Wildman–Crippen MR) is 240 cm³/mol.